The lowest BCUT2D eigenvalue weighted by Crippen LogP contribution is -2.14. The van der Waals surface area contributed by atoms with Gasteiger partial charge in [0.25, 0.3) is 5.91 Å². The Kier molecular flexibility index (Phi) is 5.30. The van der Waals surface area contributed by atoms with Gasteiger partial charge >= 0.3 is 0 Å². The lowest BCUT2D eigenvalue weighted by molar-refractivity contribution is 0.102. The Morgan fingerprint density at radius 1 is 0.941 bits per heavy atom. The Labute approximate surface area is 191 Å². The van der Waals surface area contributed by atoms with Crippen LogP contribution in [0.5, 0.6) is 11.6 Å². The van der Waals surface area contributed by atoms with Crippen LogP contribution < -0.4 is 15.8 Å². The summed E-state index contributed by atoms with van der Waals surface area (Å²) in [7, 11) is 0. The summed E-state index contributed by atoms with van der Waals surface area (Å²) in [5.74, 6) is -1.48. The van der Waals surface area contributed by atoms with E-state index in [1.165, 1.54) is 41.0 Å². The SMILES string of the molecule is Nc1cc(Oc2ccc(NC(=O)c3cccc(-c4ccccc4F)n3)cc2F)n2nccc2n1. The number of nitrogens with two attached hydrogens (primary N) is 1. The van der Waals surface area contributed by atoms with Gasteiger partial charge in [-0.3, -0.25) is 4.79 Å². The summed E-state index contributed by atoms with van der Waals surface area (Å²) in [6.07, 6.45) is 1.51. The number of carbonyl (C=O) groups excluding carboxylic acids is 1. The smallest absolute Gasteiger partial charge is 0.274 e. The van der Waals surface area contributed by atoms with E-state index in [0.29, 0.717) is 11.3 Å². The molecule has 0 fully saturated rings. The minimum atomic E-state index is -0.721. The second kappa shape index (κ2) is 8.58. The van der Waals surface area contributed by atoms with Crippen molar-refractivity contribution in [2.75, 3.05) is 11.1 Å². The highest BCUT2D eigenvalue weighted by Gasteiger charge is 2.14. The minimum Gasteiger partial charge on any atom is -0.436 e. The van der Waals surface area contributed by atoms with Gasteiger partial charge in [-0.15, -0.1) is 0 Å². The van der Waals surface area contributed by atoms with Gasteiger partial charge < -0.3 is 15.8 Å². The zero-order chi connectivity index (χ0) is 23.7. The summed E-state index contributed by atoms with van der Waals surface area (Å²) in [6.45, 7) is 0. The average molecular weight is 458 g/mol. The Hall–Kier alpha value is -4.86. The number of rotatable bonds is 5. The minimum absolute atomic E-state index is 0.0508. The molecule has 10 heteroatoms. The molecule has 5 rings (SSSR count). The number of hydrogen-bond donors (Lipinski definition) is 2. The quantitative estimate of drug-likeness (QED) is 0.395. The van der Waals surface area contributed by atoms with E-state index in [2.05, 4.69) is 20.4 Å². The normalized spacial score (nSPS) is 10.9. The number of fused-ring (bicyclic) bond motifs is 1. The number of nitrogen functional groups attached to an aromatic ring is 1. The molecule has 0 spiro atoms. The molecule has 0 aliphatic heterocycles. The van der Waals surface area contributed by atoms with Gasteiger partial charge in [0.1, 0.15) is 17.3 Å². The summed E-state index contributed by atoms with van der Waals surface area (Å²) in [4.78, 5) is 21.0. The molecule has 0 saturated carbocycles. The standard InChI is InChI=1S/C24H16F2N6O2/c25-16-5-2-1-4-15(16)18-6-3-7-19(30-18)24(33)29-14-8-9-20(17(26)12-14)34-23-13-21(27)31-22-10-11-28-32(22)23/h1-13H,(H2,27,31)(H,29,33). The van der Waals surface area contributed by atoms with Crippen LogP contribution in [-0.2, 0) is 0 Å². The fourth-order valence-electron chi connectivity index (χ4n) is 3.33. The van der Waals surface area contributed by atoms with Gasteiger partial charge in [-0.1, -0.05) is 18.2 Å². The maximum atomic E-state index is 14.7. The molecule has 0 aliphatic carbocycles. The summed E-state index contributed by atoms with van der Waals surface area (Å²) < 4.78 is 35.8. The predicted molar refractivity (Wildman–Crippen MR) is 121 cm³/mol. The van der Waals surface area contributed by atoms with Crippen molar-refractivity contribution >= 4 is 23.1 Å². The van der Waals surface area contributed by atoms with Gasteiger partial charge in [0.15, 0.2) is 17.2 Å². The number of nitrogens with zero attached hydrogens (tertiary/aromatic N) is 4. The second-order valence-corrected chi connectivity index (χ2v) is 7.21. The van der Waals surface area contributed by atoms with Crippen LogP contribution in [0.15, 0.2) is 79.0 Å². The first-order valence-electron chi connectivity index (χ1n) is 10.1. The number of pyridine rings is 1. The lowest BCUT2D eigenvalue weighted by Gasteiger charge is -2.11. The van der Waals surface area contributed by atoms with Crippen molar-refractivity contribution in [3.63, 3.8) is 0 Å². The van der Waals surface area contributed by atoms with E-state index in [1.54, 1.807) is 36.4 Å². The van der Waals surface area contributed by atoms with E-state index in [0.717, 1.165) is 6.07 Å². The molecule has 5 aromatic rings. The number of nitrogens with one attached hydrogen (secondary N) is 1. The Morgan fingerprint density at radius 2 is 1.79 bits per heavy atom. The highest BCUT2D eigenvalue weighted by molar-refractivity contribution is 6.03. The number of amides is 1. The molecule has 2 aromatic carbocycles. The number of anilines is 2. The number of ether oxygens (including phenoxy) is 1. The van der Waals surface area contributed by atoms with Crippen molar-refractivity contribution in [2.24, 2.45) is 0 Å². The lowest BCUT2D eigenvalue weighted by atomic mass is 10.1. The fourth-order valence-corrected chi connectivity index (χ4v) is 3.33. The Morgan fingerprint density at radius 3 is 2.62 bits per heavy atom. The molecule has 34 heavy (non-hydrogen) atoms. The summed E-state index contributed by atoms with van der Waals surface area (Å²) in [5, 5.41) is 6.65. The number of hydrogen-bond acceptors (Lipinski definition) is 6. The Balaban J connectivity index is 1.35. The highest BCUT2D eigenvalue weighted by Crippen LogP contribution is 2.28. The van der Waals surface area contributed by atoms with Crippen molar-refractivity contribution in [3.8, 4) is 22.9 Å². The molecule has 0 bridgehead atoms. The summed E-state index contributed by atoms with van der Waals surface area (Å²) in [6, 6.07) is 17.8. The van der Waals surface area contributed by atoms with E-state index >= 15 is 0 Å². The molecule has 3 heterocycles. The second-order valence-electron chi connectivity index (χ2n) is 7.21. The third-order valence-corrected chi connectivity index (χ3v) is 4.88. The molecule has 1 amide bonds. The van der Waals surface area contributed by atoms with Crippen LogP contribution in [0.1, 0.15) is 10.5 Å². The first kappa shape index (κ1) is 21.0. The fraction of sp³-hybridized carbons (Fsp3) is 0. The largest absolute Gasteiger partial charge is 0.436 e. The van der Waals surface area contributed by atoms with Crippen molar-refractivity contribution in [3.05, 3.63) is 96.3 Å². The first-order chi connectivity index (χ1) is 16.5. The van der Waals surface area contributed by atoms with Crippen LogP contribution in [0.25, 0.3) is 16.9 Å². The summed E-state index contributed by atoms with van der Waals surface area (Å²) >= 11 is 0. The van der Waals surface area contributed by atoms with Gasteiger partial charge in [-0.2, -0.15) is 9.61 Å². The van der Waals surface area contributed by atoms with Crippen LogP contribution in [0.2, 0.25) is 0 Å². The van der Waals surface area contributed by atoms with Crippen molar-refractivity contribution < 1.29 is 18.3 Å². The molecule has 0 aliphatic rings. The summed E-state index contributed by atoms with van der Waals surface area (Å²) in [5.41, 5.74) is 7.03. The topological polar surface area (TPSA) is 107 Å². The number of carbonyl (C=O) groups is 1. The Bertz CT molecular complexity index is 1540. The van der Waals surface area contributed by atoms with Gasteiger partial charge in [0, 0.05) is 29.4 Å². The van der Waals surface area contributed by atoms with Crippen LogP contribution in [-0.4, -0.2) is 25.5 Å². The third-order valence-electron chi connectivity index (χ3n) is 4.88. The predicted octanol–water partition coefficient (Wildman–Crippen LogP) is 4.70. The molecular weight excluding hydrogens is 442 g/mol. The molecule has 168 valence electrons. The van der Waals surface area contributed by atoms with E-state index in [4.69, 9.17) is 10.5 Å². The average Bonchev–Trinajstić information content (AvgIpc) is 3.30. The van der Waals surface area contributed by atoms with E-state index < -0.39 is 17.5 Å². The molecule has 0 saturated heterocycles. The maximum Gasteiger partial charge on any atom is 0.274 e. The zero-order valence-corrected chi connectivity index (χ0v) is 17.4. The molecule has 8 nitrogen and oxygen atoms in total. The maximum absolute atomic E-state index is 14.7. The van der Waals surface area contributed by atoms with E-state index in [-0.39, 0.29) is 34.4 Å². The van der Waals surface area contributed by atoms with Crippen LogP contribution in [0.4, 0.5) is 20.3 Å². The third kappa shape index (κ3) is 4.11. The van der Waals surface area contributed by atoms with Crippen molar-refractivity contribution in [2.45, 2.75) is 0 Å². The molecule has 0 radical (unpaired) electrons. The molecule has 3 N–H and O–H groups in total. The molecule has 3 aromatic heterocycles. The van der Waals surface area contributed by atoms with Crippen LogP contribution in [0.3, 0.4) is 0 Å². The number of benzene rings is 2. The highest BCUT2D eigenvalue weighted by atomic mass is 19.1. The monoisotopic (exact) mass is 458 g/mol. The van der Waals surface area contributed by atoms with E-state index in [1.807, 2.05) is 0 Å². The van der Waals surface area contributed by atoms with Gasteiger partial charge in [-0.05, 0) is 36.4 Å². The van der Waals surface area contributed by atoms with Gasteiger partial charge in [0.2, 0.25) is 5.88 Å². The zero-order valence-electron chi connectivity index (χ0n) is 17.4. The van der Waals surface area contributed by atoms with E-state index in [9.17, 15) is 13.6 Å². The van der Waals surface area contributed by atoms with Crippen LogP contribution in [0, 0.1) is 11.6 Å². The van der Waals surface area contributed by atoms with Gasteiger partial charge in [0.05, 0.1) is 11.9 Å². The molecular formula is C24H16F2N6O2. The number of halogens is 2. The number of aromatic nitrogens is 4. The van der Waals surface area contributed by atoms with Gasteiger partial charge in [-0.25, -0.2) is 18.7 Å². The molecule has 0 atom stereocenters. The van der Waals surface area contributed by atoms with Crippen molar-refractivity contribution in [1.29, 1.82) is 0 Å². The van der Waals surface area contributed by atoms with Crippen LogP contribution >= 0.6 is 0 Å². The molecule has 0 unspecified atom stereocenters. The van der Waals surface area contributed by atoms with Crippen molar-refractivity contribution in [1.82, 2.24) is 19.6 Å². The first-order valence-corrected chi connectivity index (χ1v) is 10.1.